The van der Waals surface area contributed by atoms with E-state index in [4.69, 9.17) is 12.2 Å². The lowest BCUT2D eigenvalue weighted by Crippen LogP contribution is -2.46. The summed E-state index contributed by atoms with van der Waals surface area (Å²) in [7, 11) is 1.81. The average molecular weight is 369 g/mol. The number of nitrogens with one attached hydrogen (secondary N) is 2. The second-order valence-electron chi connectivity index (χ2n) is 6.26. The third-order valence-corrected chi connectivity index (χ3v) is 4.99. The number of rotatable bonds is 3. The van der Waals surface area contributed by atoms with Gasteiger partial charge in [-0.25, -0.2) is 4.39 Å². The van der Waals surface area contributed by atoms with E-state index in [1.807, 2.05) is 45.2 Å². The zero-order valence-electron chi connectivity index (χ0n) is 14.8. The number of anilines is 1. The largest absolute Gasteiger partial charge is 0.351 e. The molecule has 0 aliphatic carbocycles. The van der Waals surface area contributed by atoms with Crippen molar-refractivity contribution in [2.24, 2.45) is 0 Å². The minimum atomic E-state index is -0.441. The maximum atomic E-state index is 13.3. The van der Waals surface area contributed by atoms with Gasteiger partial charge in [-0.2, -0.15) is 0 Å². The van der Waals surface area contributed by atoms with Crippen LogP contribution in [0.25, 0.3) is 0 Å². The molecular weight excluding hydrogens is 349 g/mol. The summed E-state index contributed by atoms with van der Waals surface area (Å²) < 4.78 is 13.3. The van der Waals surface area contributed by atoms with Crippen molar-refractivity contribution in [1.29, 1.82) is 0 Å². The van der Waals surface area contributed by atoms with Crippen molar-refractivity contribution in [3.63, 3.8) is 0 Å². The number of amides is 1. The van der Waals surface area contributed by atoms with E-state index in [9.17, 15) is 9.18 Å². The molecule has 0 saturated heterocycles. The third kappa shape index (κ3) is 3.46. The fourth-order valence-electron chi connectivity index (χ4n) is 2.94. The lowest BCUT2D eigenvalue weighted by Gasteiger charge is -2.35. The van der Waals surface area contributed by atoms with Crippen LogP contribution in [0.4, 0.5) is 10.1 Å². The van der Waals surface area contributed by atoms with Crippen LogP contribution in [0.2, 0.25) is 0 Å². The van der Waals surface area contributed by atoms with Gasteiger partial charge in [-0.15, -0.1) is 0 Å². The van der Waals surface area contributed by atoms with Crippen molar-refractivity contribution < 1.29 is 9.18 Å². The van der Waals surface area contributed by atoms with E-state index in [2.05, 4.69) is 10.6 Å². The maximum absolute atomic E-state index is 13.3. The average Bonchev–Trinajstić information content (AvgIpc) is 2.62. The number of benzene rings is 2. The summed E-state index contributed by atoms with van der Waals surface area (Å²) in [4.78, 5) is 14.8. The van der Waals surface area contributed by atoms with Gasteiger partial charge in [0.05, 0.1) is 11.6 Å². The van der Waals surface area contributed by atoms with Gasteiger partial charge in [0.1, 0.15) is 5.82 Å². The maximum Gasteiger partial charge on any atom is 0.255 e. The highest BCUT2D eigenvalue weighted by Crippen LogP contribution is 2.31. The molecule has 0 radical (unpaired) electrons. The van der Waals surface area contributed by atoms with Gasteiger partial charge in [-0.3, -0.25) is 4.79 Å². The van der Waals surface area contributed by atoms with Crippen molar-refractivity contribution in [1.82, 2.24) is 10.2 Å². The number of halogens is 1. The Hall–Kier alpha value is -2.73. The van der Waals surface area contributed by atoms with Gasteiger partial charge in [-0.05, 0) is 55.4 Å². The molecule has 1 aliphatic heterocycles. The van der Waals surface area contributed by atoms with Gasteiger partial charge < -0.3 is 15.5 Å². The van der Waals surface area contributed by atoms with Crippen LogP contribution in [-0.4, -0.2) is 23.0 Å². The highest BCUT2D eigenvalue weighted by atomic mass is 32.1. The van der Waals surface area contributed by atoms with Gasteiger partial charge in [-0.1, -0.05) is 30.3 Å². The quantitative estimate of drug-likeness (QED) is 0.806. The molecule has 2 aromatic carbocycles. The molecule has 6 heteroatoms. The van der Waals surface area contributed by atoms with Crippen LogP contribution in [0.5, 0.6) is 0 Å². The summed E-state index contributed by atoms with van der Waals surface area (Å²) in [6, 6.07) is 13.2. The molecular formula is C20H20FN3OS. The molecule has 1 heterocycles. The number of hydrogen-bond acceptors (Lipinski definition) is 2. The molecule has 2 N–H and O–H groups in total. The molecule has 0 aromatic heterocycles. The summed E-state index contributed by atoms with van der Waals surface area (Å²) in [5.41, 5.74) is 3.82. The summed E-state index contributed by atoms with van der Waals surface area (Å²) in [6.07, 6.45) is 0. The van der Waals surface area contributed by atoms with Gasteiger partial charge in [0.25, 0.3) is 5.91 Å². The molecule has 0 spiro atoms. The highest BCUT2D eigenvalue weighted by Gasteiger charge is 2.32. The Labute approximate surface area is 157 Å². The van der Waals surface area contributed by atoms with E-state index in [0.29, 0.717) is 10.7 Å². The van der Waals surface area contributed by atoms with Gasteiger partial charge in [0.15, 0.2) is 5.11 Å². The monoisotopic (exact) mass is 369 g/mol. The number of para-hydroxylation sites is 1. The fourth-order valence-corrected chi connectivity index (χ4v) is 3.19. The smallest absolute Gasteiger partial charge is 0.255 e. The minimum Gasteiger partial charge on any atom is -0.351 e. The zero-order valence-corrected chi connectivity index (χ0v) is 15.7. The number of hydrogen-bond donors (Lipinski definition) is 2. The number of carbonyl (C=O) groups is 1. The summed E-state index contributed by atoms with van der Waals surface area (Å²) >= 11 is 5.37. The normalized spacial score (nSPS) is 17.2. The van der Waals surface area contributed by atoms with Crippen LogP contribution in [0, 0.1) is 12.7 Å². The predicted octanol–water partition coefficient (Wildman–Crippen LogP) is 3.91. The van der Waals surface area contributed by atoms with E-state index in [1.165, 1.54) is 12.1 Å². The molecule has 1 aliphatic rings. The topological polar surface area (TPSA) is 44.4 Å². The second-order valence-corrected chi connectivity index (χ2v) is 6.65. The molecule has 0 saturated carbocycles. The van der Waals surface area contributed by atoms with Crippen LogP contribution in [-0.2, 0) is 4.79 Å². The van der Waals surface area contributed by atoms with Crippen LogP contribution in [0.3, 0.4) is 0 Å². The molecule has 0 bridgehead atoms. The molecule has 2 aromatic rings. The van der Waals surface area contributed by atoms with Crippen molar-refractivity contribution in [2.75, 3.05) is 12.4 Å². The number of aryl methyl sites for hydroxylation is 1. The molecule has 0 fully saturated rings. The summed E-state index contributed by atoms with van der Waals surface area (Å²) in [5, 5.41) is 6.67. The van der Waals surface area contributed by atoms with E-state index in [-0.39, 0.29) is 11.7 Å². The fraction of sp³-hybridized carbons (Fsp3) is 0.200. The third-order valence-electron chi connectivity index (χ3n) is 4.60. The van der Waals surface area contributed by atoms with E-state index in [0.717, 1.165) is 22.5 Å². The number of allylic oxidation sites excluding steroid dienone is 1. The van der Waals surface area contributed by atoms with Gasteiger partial charge in [0, 0.05) is 18.4 Å². The Balaban J connectivity index is 2.01. The Kier molecular flexibility index (Phi) is 5.04. The van der Waals surface area contributed by atoms with E-state index >= 15 is 0 Å². The van der Waals surface area contributed by atoms with Crippen molar-refractivity contribution in [2.45, 2.75) is 19.9 Å². The van der Waals surface area contributed by atoms with Crippen LogP contribution in [0.1, 0.15) is 24.1 Å². The van der Waals surface area contributed by atoms with Gasteiger partial charge >= 0.3 is 0 Å². The van der Waals surface area contributed by atoms with Gasteiger partial charge in [0.2, 0.25) is 0 Å². The molecule has 4 nitrogen and oxygen atoms in total. The Bertz CT molecular complexity index is 892. The number of thiocarbonyl (C=S) groups is 1. The lowest BCUT2D eigenvalue weighted by atomic mass is 9.94. The first-order chi connectivity index (χ1) is 12.4. The molecule has 1 atom stereocenters. The Morgan fingerprint density at radius 2 is 1.81 bits per heavy atom. The Morgan fingerprint density at radius 3 is 2.46 bits per heavy atom. The standard InChI is InChI=1S/C20H20FN3OS/c1-12-6-4-5-7-16(12)22-19(25)17-13(2)24(3)20(26)23-18(17)14-8-10-15(21)11-9-14/h4-11,18H,1-3H3,(H,22,25)(H,23,26)/t18-/m0/s1. The summed E-state index contributed by atoms with van der Waals surface area (Å²) in [5.74, 6) is -0.538. The van der Waals surface area contributed by atoms with Crippen LogP contribution >= 0.6 is 12.2 Å². The summed E-state index contributed by atoms with van der Waals surface area (Å²) in [6.45, 7) is 3.80. The minimum absolute atomic E-state index is 0.215. The van der Waals surface area contributed by atoms with Crippen molar-refractivity contribution >= 4 is 28.9 Å². The van der Waals surface area contributed by atoms with E-state index in [1.54, 1.807) is 17.0 Å². The number of carbonyl (C=O) groups excluding carboxylic acids is 1. The Morgan fingerprint density at radius 1 is 1.15 bits per heavy atom. The predicted molar refractivity (Wildman–Crippen MR) is 105 cm³/mol. The number of nitrogens with zero attached hydrogens (tertiary/aromatic N) is 1. The van der Waals surface area contributed by atoms with E-state index < -0.39 is 6.04 Å². The second kappa shape index (κ2) is 7.25. The first-order valence-electron chi connectivity index (χ1n) is 8.26. The van der Waals surface area contributed by atoms with Crippen molar-refractivity contribution in [3.05, 3.63) is 76.7 Å². The molecule has 0 unspecified atom stereocenters. The first-order valence-corrected chi connectivity index (χ1v) is 8.66. The van der Waals surface area contributed by atoms with Crippen LogP contribution < -0.4 is 10.6 Å². The van der Waals surface area contributed by atoms with Crippen molar-refractivity contribution in [3.8, 4) is 0 Å². The molecule has 1 amide bonds. The molecule has 26 heavy (non-hydrogen) atoms. The lowest BCUT2D eigenvalue weighted by molar-refractivity contribution is -0.113. The zero-order chi connectivity index (χ0) is 18.8. The highest BCUT2D eigenvalue weighted by molar-refractivity contribution is 7.80. The van der Waals surface area contributed by atoms with Crippen LogP contribution in [0.15, 0.2) is 59.8 Å². The SMILES string of the molecule is CC1=C(C(=O)Nc2ccccc2C)[C@H](c2ccc(F)cc2)NC(=S)N1C. The molecule has 3 rings (SSSR count). The molecule has 134 valence electrons. The first kappa shape index (κ1) is 18.1.